The van der Waals surface area contributed by atoms with Crippen molar-refractivity contribution in [1.82, 2.24) is 10.1 Å². The zero-order valence-corrected chi connectivity index (χ0v) is 10.1. The third kappa shape index (κ3) is 2.25. The average Bonchev–Trinajstić information content (AvgIpc) is 2.67. The van der Waals surface area contributed by atoms with E-state index in [4.69, 9.17) is 15.0 Å². The van der Waals surface area contributed by atoms with E-state index in [2.05, 4.69) is 24.0 Å². The molecule has 1 aliphatic rings. The second-order valence-corrected chi connectivity index (χ2v) is 5.12. The molecule has 0 bridgehead atoms. The zero-order chi connectivity index (χ0) is 11.8. The highest BCUT2D eigenvalue weighted by Gasteiger charge is 2.49. The highest BCUT2D eigenvalue weighted by molar-refractivity contribution is 5.14. The Labute approximate surface area is 95.3 Å². The van der Waals surface area contributed by atoms with Crippen molar-refractivity contribution in [2.24, 2.45) is 11.1 Å². The summed E-state index contributed by atoms with van der Waals surface area (Å²) in [7, 11) is 1.65. The van der Waals surface area contributed by atoms with Gasteiger partial charge in [0, 0.05) is 19.6 Å². The number of nitrogens with two attached hydrogens (primary N) is 1. The molecule has 0 radical (unpaired) electrons. The molecule has 5 heteroatoms. The molecule has 1 aliphatic carbocycles. The van der Waals surface area contributed by atoms with E-state index in [1.807, 2.05) is 0 Å². The Balaban J connectivity index is 1.97. The van der Waals surface area contributed by atoms with Crippen LogP contribution in [0.5, 0.6) is 0 Å². The summed E-state index contributed by atoms with van der Waals surface area (Å²) in [5, 5.41) is 4.00. The van der Waals surface area contributed by atoms with E-state index >= 15 is 0 Å². The van der Waals surface area contributed by atoms with Crippen LogP contribution in [0.4, 0.5) is 0 Å². The van der Waals surface area contributed by atoms with Crippen molar-refractivity contribution in [3.05, 3.63) is 11.7 Å². The van der Waals surface area contributed by atoms with E-state index in [-0.39, 0.29) is 6.04 Å². The van der Waals surface area contributed by atoms with Gasteiger partial charge < -0.3 is 15.0 Å². The van der Waals surface area contributed by atoms with E-state index in [1.165, 1.54) is 0 Å². The van der Waals surface area contributed by atoms with E-state index in [0.717, 1.165) is 12.2 Å². The van der Waals surface area contributed by atoms with Crippen molar-refractivity contribution in [2.45, 2.75) is 38.6 Å². The molecular formula is C11H19N3O2. The molecule has 0 aliphatic heterocycles. The summed E-state index contributed by atoms with van der Waals surface area (Å²) < 4.78 is 10.1. The zero-order valence-electron chi connectivity index (χ0n) is 10.1. The number of ether oxygens (including phenoxy) is 1. The molecule has 2 unspecified atom stereocenters. The Hall–Kier alpha value is -0.940. The van der Waals surface area contributed by atoms with Crippen LogP contribution in [0.25, 0.3) is 0 Å². The molecule has 1 saturated carbocycles. The number of hydrogen-bond acceptors (Lipinski definition) is 5. The minimum absolute atomic E-state index is 0.219. The highest BCUT2D eigenvalue weighted by Crippen LogP contribution is 2.57. The summed E-state index contributed by atoms with van der Waals surface area (Å²) in [6.45, 7) is 5.02. The molecule has 1 fully saturated rings. The predicted octanol–water partition coefficient (Wildman–Crippen LogP) is 1.62. The van der Waals surface area contributed by atoms with Crippen molar-refractivity contribution in [2.75, 3.05) is 13.7 Å². The number of rotatable bonds is 5. The van der Waals surface area contributed by atoms with Gasteiger partial charge in [0.25, 0.3) is 0 Å². The topological polar surface area (TPSA) is 74.2 Å². The Morgan fingerprint density at radius 3 is 2.88 bits per heavy atom. The summed E-state index contributed by atoms with van der Waals surface area (Å²) in [6, 6.07) is -0.219. The van der Waals surface area contributed by atoms with Gasteiger partial charge in [-0.2, -0.15) is 4.98 Å². The van der Waals surface area contributed by atoms with E-state index < -0.39 is 0 Å². The largest absolute Gasteiger partial charge is 0.385 e. The summed E-state index contributed by atoms with van der Waals surface area (Å²) >= 11 is 0. The monoisotopic (exact) mass is 225 g/mol. The van der Waals surface area contributed by atoms with Crippen molar-refractivity contribution < 1.29 is 9.26 Å². The molecule has 1 heterocycles. The first-order valence-electron chi connectivity index (χ1n) is 5.62. The third-order valence-corrected chi connectivity index (χ3v) is 3.23. The normalized spacial score (nSPS) is 24.4. The predicted molar refractivity (Wildman–Crippen MR) is 58.9 cm³/mol. The fraction of sp³-hybridized carbons (Fsp3) is 0.818. The smallest absolute Gasteiger partial charge is 0.243 e. The van der Waals surface area contributed by atoms with Gasteiger partial charge in [0.05, 0.1) is 6.04 Å². The molecule has 1 aromatic heterocycles. The first kappa shape index (κ1) is 11.5. The maximum Gasteiger partial charge on any atom is 0.243 e. The fourth-order valence-electron chi connectivity index (χ4n) is 1.82. The van der Waals surface area contributed by atoms with Crippen molar-refractivity contribution in [3.63, 3.8) is 0 Å². The van der Waals surface area contributed by atoms with Crippen LogP contribution in [-0.2, 0) is 4.74 Å². The molecule has 16 heavy (non-hydrogen) atoms. The molecule has 0 amide bonds. The lowest BCUT2D eigenvalue weighted by atomic mass is 10.1. The van der Waals surface area contributed by atoms with Crippen LogP contribution in [0.15, 0.2) is 4.52 Å². The van der Waals surface area contributed by atoms with Crippen LogP contribution in [0.3, 0.4) is 0 Å². The number of methoxy groups -OCH3 is 1. The lowest BCUT2D eigenvalue weighted by Crippen LogP contribution is -2.13. The summed E-state index contributed by atoms with van der Waals surface area (Å²) in [5.41, 5.74) is 6.22. The molecule has 2 rings (SSSR count). The molecule has 1 aromatic rings. The van der Waals surface area contributed by atoms with Gasteiger partial charge in [-0.05, 0) is 18.3 Å². The van der Waals surface area contributed by atoms with Crippen molar-refractivity contribution in [1.29, 1.82) is 0 Å². The Morgan fingerprint density at radius 2 is 2.31 bits per heavy atom. The van der Waals surface area contributed by atoms with Crippen LogP contribution >= 0.6 is 0 Å². The van der Waals surface area contributed by atoms with Gasteiger partial charge in [-0.15, -0.1) is 0 Å². The maximum atomic E-state index is 5.91. The summed E-state index contributed by atoms with van der Waals surface area (Å²) in [6.07, 6.45) is 1.82. The van der Waals surface area contributed by atoms with Crippen LogP contribution in [-0.4, -0.2) is 23.9 Å². The number of nitrogens with zero attached hydrogens (tertiary/aromatic N) is 2. The Morgan fingerprint density at radius 1 is 1.62 bits per heavy atom. The van der Waals surface area contributed by atoms with Gasteiger partial charge in [-0.1, -0.05) is 19.0 Å². The highest BCUT2D eigenvalue weighted by atomic mass is 16.5. The minimum atomic E-state index is -0.219. The van der Waals surface area contributed by atoms with Gasteiger partial charge in [-0.25, -0.2) is 0 Å². The number of hydrogen-bond donors (Lipinski definition) is 1. The van der Waals surface area contributed by atoms with E-state index in [9.17, 15) is 0 Å². The maximum absolute atomic E-state index is 5.91. The van der Waals surface area contributed by atoms with Crippen molar-refractivity contribution >= 4 is 0 Å². The molecule has 90 valence electrons. The molecule has 2 atom stereocenters. The van der Waals surface area contributed by atoms with E-state index in [1.54, 1.807) is 7.11 Å². The van der Waals surface area contributed by atoms with Crippen LogP contribution in [0.2, 0.25) is 0 Å². The molecule has 5 nitrogen and oxygen atoms in total. The summed E-state index contributed by atoms with van der Waals surface area (Å²) in [5.74, 6) is 1.75. The minimum Gasteiger partial charge on any atom is -0.385 e. The van der Waals surface area contributed by atoms with Gasteiger partial charge in [0.1, 0.15) is 0 Å². The van der Waals surface area contributed by atoms with E-state index in [0.29, 0.717) is 30.3 Å². The average molecular weight is 225 g/mol. The summed E-state index contributed by atoms with van der Waals surface area (Å²) in [4.78, 5) is 4.36. The Kier molecular flexibility index (Phi) is 2.99. The molecule has 0 spiro atoms. The third-order valence-electron chi connectivity index (χ3n) is 3.23. The molecule has 0 saturated heterocycles. The van der Waals surface area contributed by atoms with Crippen LogP contribution in [0, 0.1) is 5.41 Å². The van der Waals surface area contributed by atoms with Gasteiger partial charge in [-0.3, -0.25) is 0 Å². The SMILES string of the molecule is COCCC(N)c1nc(C2CC2(C)C)no1. The van der Waals surface area contributed by atoms with Crippen LogP contribution in [0.1, 0.15) is 50.4 Å². The second kappa shape index (κ2) is 4.14. The Bertz CT molecular complexity index is 362. The first-order valence-corrected chi connectivity index (χ1v) is 5.62. The lowest BCUT2D eigenvalue weighted by Gasteiger charge is -2.04. The molecular weight excluding hydrogens is 206 g/mol. The molecule has 2 N–H and O–H groups in total. The van der Waals surface area contributed by atoms with Crippen molar-refractivity contribution in [3.8, 4) is 0 Å². The first-order chi connectivity index (χ1) is 7.54. The van der Waals surface area contributed by atoms with Gasteiger partial charge in [0.15, 0.2) is 5.82 Å². The fourth-order valence-corrected chi connectivity index (χ4v) is 1.82. The quantitative estimate of drug-likeness (QED) is 0.824. The van der Waals surface area contributed by atoms with Crippen LogP contribution < -0.4 is 5.73 Å². The molecule has 0 aromatic carbocycles. The van der Waals surface area contributed by atoms with Gasteiger partial charge in [0.2, 0.25) is 5.89 Å². The lowest BCUT2D eigenvalue weighted by molar-refractivity contribution is 0.182. The number of aromatic nitrogens is 2. The van der Waals surface area contributed by atoms with Gasteiger partial charge >= 0.3 is 0 Å². The second-order valence-electron chi connectivity index (χ2n) is 5.12. The standard InChI is InChI=1S/C11H19N3O2/c1-11(2)6-7(11)9-13-10(16-14-9)8(12)4-5-15-3/h7-8H,4-6,12H2,1-3H3.